The summed E-state index contributed by atoms with van der Waals surface area (Å²) in [5.41, 5.74) is 0.380. The van der Waals surface area contributed by atoms with Gasteiger partial charge in [0.25, 0.3) is 0 Å². The molecule has 5 aliphatic rings. The topological polar surface area (TPSA) is 86.6 Å². The van der Waals surface area contributed by atoms with E-state index in [1.165, 1.54) is 12.8 Å². The number of piperazine rings is 1. The van der Waals surface area contributed by atoms with Gasteiger partial charge in [0.2, 0.25) is 0 Å². The summed E-state index contributed by atoms with van der Waals surface area (Å²) in [6.45, 7) is 2.26. The first-order chi connectivity index (χ1) is 21.4. The van der Waals surface area contributed by atoms with Crippen molar-refractivity contribution in [1.29, 1.82) is 0 Å². The Morgan fingerprint density at radius 1 is 1.00 bits per heavy atom. The number of alkyl halides is 1. The molecule has 8 nitrogen and oxygen atoms in total. The van der Waals surface area contributed by atoms with Crippen molar-refractivity contribution in [2.75, 3.05) is 31.1 Å². The summed E-state index contributed by atoms with van der Waals surface area (Å²) in [5, 5.41) is 16.2. The van der Waals surface area contributed by atoms with Gasteiger partial charge in [-0.3, -0.25) is 9.88 Å². The van der Waals surface area contributed by atoms with E-state index in [-0.39, 0.29) is 35.1 Å². The molecule has 2 unspecified atom stereocenters. The maximum Gasteiger partial charge on any atom is 0.319 e. The standard InChI is InChI=1S/C34H36F2N6O2/c35-21-13-34(12-20-5-3-7-28(20)42(34)15-21)18-44-33-39-31-27(32(40-33)41-16-22-8-9-23(17-41)38-22)14-37-30(29(31)36)26-11-24(43)10-19-4-1-2-6-25(19)26/h1-2,4,6,10-11,14,20-23,28,38,43H,3,5,7-9,12-13,15-18H2/t20-,21+,22?,23?,28-,34-/m1/s1. The van der Waals surface area contributed by atoms with E-state index in [4.69, 9.17) is 9.72 Å². The average molecular weight is 599 g/mol. The zero-order valence-electron chi connectivity index (χ0n) is 24.6. The molecule has 6 heterocycles. The van der Waals surface area contributed by atoms with E-state index in [0.29, 0.717) is 53.8 Å². The maximum atomic E-state index is 16.7. The second kappa shape index (κ2) is 9.94. The van der Waals surface area contributed by atoms with E-state index in [0.717, 1.165) is 49.5 Å². The first-order valence-corrected chi connectivity index (χ1v) is 16.1. The molecule has 4 saturated heterocycles. The number of aromatic hydroxyl groups is 1. The molecule has 1 aliphatic carbocycles. The van der Waals surface area contributed by atoms with Gasteiger partial charge in [-0.2, -0.15) is 9.97 Å². The monoisotopic (exact) mass is 598 g/mol. The quantitative estimate of drug-likeness (QED) is 0.318. The number of pyridine rings is 1. The number of nitrogens with one attached hydrogen (secondary N) is 1. The molecule has 2 bridgehead atoms. The van der Waals surface area contributed by atoms with Crippen molar-refractivity contribution in [3.05, 3.63) is 48.4 Å². The molecule has 44 heavy (non-hydrogen) atoms. The van der Waals surface area contributed by atoms with Crippen molar-refractivity contribution >= 4 is 27.5 Å². The van der Waals surface area contributed by atoms with Crippen LogP contribution >= 0.6 is 0 Å². The van der Waals surface area contributed by atoms with Gasteiger partial charge < -0.3 is 20.1 Å². The minimum Gasteiger partial charge on any atom is -0.508 e. The molecule has 6 atom stereocenters. The summed E-state index contributed by atoms with van der Waals surface area (Å²) in [6.07, 6.45) is 7.86. The number of anilines is 1. The van der Waals surface area contributed by atoms with Crippen molar-refractivity contribution in [2.24, 2.45) is 5.92 Å². The van der Waals surface area contributed by atoms with Gasteiger partial charge in [0.15, 0.2) is 5.82 Å². The average Bonchev–Trinajstić information content (AvgIpc) is 3.76. The Bertz CT molecular complexity index is 1780. The number of ether oxygens (including phenoxy) is 1. The molecule has 0 spiro atoms. The van der Waals surface area contributed by atoms with Crippen LogP contribution in [0.1, 0.15) is 44.9 Å². The highest BCUT2D eigenvalue weighted by Gasteiger charge is 2.58. The number of halogens is 2. The van der Waals surface area contributed by atoms with Crippen LogP contribution in [0, 0.1) is 11.7 Å². The fourth-order valence-electron chi connectivity index (χ4n) is 9.22. The molecule has 9 rings (SSSR count). The first kappa shape index (κ1) is 26.7. The first-order valence-electron chi connectivity index (χ1n) is 16.1. The van der Waals surface area contributed by atoms with Gasteiger partial charge in [0, 0.05) is 55.9 Å². The van der Waals surface area contributed by atoms with Crippen LogP contribution in [0.15, 0.2) is 42.6 Å². The Morgan fingerprint density at radius 2 is 1.84 bits per heavy atom. The van der Waals surface area contributed by atoms with E-state index in [1.807, 2.05) is 24.3 Å². The van der Waals surface area contributed by atoms with Crippen LogP contribution in [-0.4, -0.2) is 81.0 Å². The number of benzene rings is 2. The lowest BCUT2D eigenvalue weighted by molar-refractivity contribution is 0.0832. The van der Waals surface area contributed by atoms with Crippen molar-refractivity contribution in [3.8, 4) is 23.0 Å². The number of hydrogen-bond donors (Lipinski definition) is 2. The second-order valence-corrected chi connectivity index (χ2v) is 13.7. The SMILES string of the molecule is Oc1cc(-c2ncc3c(N4CC5CCC(C4)N5)nc(OC[C@@]45C[C@H](F)CN4[C@@H]4CCC[C@@H]4C5)nc3c2F)c2ccccc2c1. The Morgan fingerprint density at radius 3 is 2.70 bits per heavy atom. The second-order valence-electron chi connectivity index (χ2n) is 13.7. The maximum absolute atomic E-state index is 16.7. The van der Waals surface area contributed by atoms with Crippen LogP contribution in [0.25, 0.3) is 32.9 Å². The third-order valence-electron chi connectivity index (χ3n) is 11.0. The third-order valence-corrected chi connectivity index (χ3v) is 11.0. The molecule has 228 valence electrons. The molecule has 4 aromatic rings. The fourth-order valence-corrected chi connectivity index (χ4v) is 9.22. The summed E-state index contributed by atoms with van der Waals surface area (Å²) in [5.74, 6) is 0.662. The lowest BCUT2D eigenvalue weighted by atomic mass is 9.89. The van der Waals surface area contributed by atoms with Crippen LogP contribution in [0.4, 0.5) is 14.6 Å². The van der Waals surface area contributed by atoms with Gasteiger partial charge in [0.05, 0.1) is 10.9 Å². The summed E-state index contributed by atoms with van der Waals surface area (Å²) in [4.78, 5) is 18.7. The number of rotatable bonds is 5. The molecular weight excluding hydrogens is 562 g/mol. The summed E-state index contributed by atoms with van der Waals surface area (Å²) >= 11 is 0. The lowest BCUT2D eigenvalue weighted by Crippen LogP contribution is -2.51. The minimum atomic E-state index is -0.868. The minimum absolute atomic E-state index is 0.0385. The predicted molar refractivity (Wildman–Crippen MR) is 164 cm³/mol. The fraction of sp³-hybridized carbons (Fsp3) is 0.500. The molecule has 2 N–H and O–H groups in total. The highest BCUT2D eigenvalue weighted by molar-refractivity contribution is 5.99. The van der Waals surface area contributed by atoms with E-state index in [9.17, 15) is 9.50 Å². The molecular formula is C34H36F2N6O2. The van der Waals surface area contributed by atoms with Gasteiger partial charge in [-0.1, -0.05) is 30.7 Å². The van der Waals surface area contributed by atoms with E-state index < -0.39 is 12.0 Å². The van der Waals surface area contributed by atoms with Crippen LogP contribution in [-0.2, 0) is 0 Å². The van der Waals surface area contributed by atoms with Gasteiger partial charge >= 0.3 is 6.01 Å². The number of nitrogens with zero attached hydrogens (tertiary/aromatic N) is 5. The van der Waals surface area contributed by atoms with Crippen molar-refractivity contribution < 1.29 is 18.6 Å². The zero-order valence-corrected chi connectivity index (χ0v) is 24.6. The van der Waals surface area contributed by atoms with Crippen LogP contribution in [0.5, 0.6) is 11.8 Å². The lowest BCUT2D eigenvalue weighted by Gasteiger charge is -2.35. The van der Waals surface area contributed by atoms with Gasteiger partial charge in [0.1, 0.15) is 35.6 Å². The van der Waals surface area contributed by atoms with Crippen molar-refractivity contribution in [3.63, 3.8) is 0 Å². The smallest absolute Gasteiger partial charge is 0.319 e. The van der Waals surface area contributed by atoms with E-state index in [2.05, 4.69) is 25.1 Å². The molecule has 10 heteroatoms. The van der Waals surface area contributed by atoms with Gasteiger partial charge in [-0.25, -0.2) is 8.78 Å². The van der Waals surface area contributed by atoms with Crippen molar-refractivity contribution in [1.82, 2.24) is 25.2 Å². The molecule has 5 fully saturated rings. The number of phenolic OH excluding ortho intramolecular Hbond substituents is 1. The van der Waals surface area contributed by atoms with Crippen molar-refractivity contribution in [2.45, 2.75) is 74.8 Å². The highest BCUT2D eigenvalue weighted by atomic mass is 19.1. The van der Waals surface area contributed by atoms with E-state index >= 15 is 4.39 Å². The van der Waals surface area contributed by atoms with Crippen LogP contribution in [0.2, 0.25) is 0 Å². The normalized spacial score (nSPS) is 31.2. The molecule has 4 aliphatic heterocycles. The number of aromatic nitrogens is 3. The predicted octanol–water partition coefficient (Wildman–Crippen LogP) is 5.36. The molecule has 0 radical (unpaired) electrons. The molecule has 2 aromatic carbocycles. The van der Waals surface area contributed by atoms with Gasteiger partial charge in [-0.05, 0) is 60.9 Å². The number of hydrogen-bond acceptors (Lipinski definition) is 8. The Hall–Kier alpha value is -3.63. The Balaban J connectivity index is 1.14. The zero-order chi connectivity index (χ0) is 29.6. The molecule has 1 saturated carbocycles. The highest BCUT2D eigenvalue weighted by Crippen LogP contribution is 2.52. The Labute approximate surface area is 254 Å². The molecule has 0 amide bonds. The number of phenols is 1. The summed E-state index contributed by atoms with van der Waals surface area (Å²) in [7, 11) is 0. The number of fused-ring (bicyclic) bond motifs is 7. The molecule has 2 aromatic heterocycles. The largest absolute Gasteiger partial charge is 0.508 e. The van der Waals surface area contributed by atoms with Crippen LogP contribution in [0.3, 0.4) is 0 Å². The summed E-state index contributed by atoms with van der Waals surface area (Å²) < 4.78 is 37.9. The third kappa shape index (κ3) is 4.17. The summed E-state index contributed by atoms with van der Waals surface area (Å²) in [6, 6.07) is 12.0. The van der Waals surface area contributed by atoms with Crippen LogP contribution < -0.4 is 15.0 Å². The van der Waals surface area contributed by atoms with Gasteiger partial charge in [-0.15, -0.1) is 0 Å². The Kier molecular flexibility index (Phi) is 6.04. The van der Waals surface area contributed by atoms with E-state index in [1.54, 1.807) is 18.3 Å².